The molecule has 16 heavy (non-hydrogen) atoms. The van der Waals surface area contributed by atoms with Crippen LogP contribution in [0.15, 0.2) is 0 Å². The van der Waals surface area contributed by atoms with E-state index in [4.69, 9.17) is 5.73 Å². The molecule has 1 heterocycles. The summed E-state index contributed by atoms with van der Waals surface area (Å²) in [5, 5.41) is 0. The number of likely N-dealkylation sites (tertiary alicyclic amines) is 1. The average molecular weight is 238 g/mol. The van der Waals surface area contributed by atoms with Crippen molar-refractivity contribution in [1.29, 1.82) is 0 Å². The predicted molar refractivity (Wildman–Crippen MR) is 58.2 cm³/mol. The van der Waals surface area contributed by atoms with Crippen molar-refractivity contribution in [2.75, 3.05) is 13.1 Å². The number of nitrogens with two attached hydrogens (primary N) is 1. The van der Waals surface area contributed by atoms with Crippen molar-refractivity contribution in [2.24, 2.45) is 5.73 Å². The summed E-state index contributed by atoms with van der Waals surface area (Å²) in [6.45, 7) is 5.79. The van der Waals surface area contributed by atoms with Gasteiger partial charge in [-0.1, -0.05) is 0 Å². The molecular weight excluding hydrogens is 217 g/mol. The zero-order chi connectivity index (χ0) is 12.4. The standard InChI is InChI=1S/C11H21F3N2/c1-10(2,16-7-3-4-8-16)9(15)5-6-11(12,13)14/h9H,3-8,15H2,1-2H3. The maximum atomic E-state index is 12.1. The van der Waals surface area contributed by atoms with E-state index in [1.165, 1.54) is 0 Å². The van der Waals surface area contributed by atoms with Crippen molar-refractivity contribution >= 4 is 0 Å². The third-order valence-electron chi connectivity index (χ3n) is 3.57. The van der Waals surface area contributed by atoms with Crippen molar-refractivity contribution in [3.05, 3.63) is 0 Å². The van der Waals surface area contributed by atoms with Gasteiger partial charge in [0.05, 0.1) is 0 Å². The largest absolute Gasteiger partial charge is 0.389 e. The Morgan fingerprint density at radius 3 is 2.12 bits per heavy atom. The maximum absolute atomic E-state index is 12.1. The molecule has 1 saturated heterocycles. The zero-order valence-corrected chi connectivity index (χ0v) is 9.98. The molecule has 1 fully saturated rings. The fraction of sp³-hybridized carbons (Fsp3) is 1.00. The molecule has 0 bridgehead atoms. The van der Waals surface area contributed by atoms with Crippen LogP contribution >= 0.6 is 0 Å². The van der Waals surface area contributed by atoms with Crippen LogP contribution in [0, 0.1) is 0 Å². The van der Waals surface area contributed by atoms with Gasteiger partial charge in [-0.15, -0.1) is 0 Å². The third-order valence-corrected chi connectivity index (χ3v) is 3.57. The maximum Gasteiger partial charge on any atom is 0.389 e. The van der Waals surface area contributed by atoms with Crippen molar-refractivity contribution < 1.29 is 13.2 Å². The quantitative estimate of drug-likeness (QED) is 0.815. The summed E-state index contributed by atoms with van der Waals surface area (Å²) in [4.78, 5) is 2.20. The fourth-order valence-corrected chi connectivity index (χ4v) is 2.20. The Morgan fingerprint density at radius 1 is 1.19 bits per heavy atom. The van der Waals surface area contributed by atoms with Gasteiger partial charge in [0.1, 0.15) is 0 Å². The lowest BCUT2D eigenvalue weighted by molar-refractivity contribution is -0.137. The second-order valence-corrected chi connectivity index (χ2v) is 5.11. The van der Waals surface area contributed by atoms with Crippen LogP contribution < -0.4 is 5.73 Å². The van der Waals surface area contributed by atoms with E-state index in [1.54, 1.807) is 0 Å². The molecule has 5 heteroatoms. The summed E-state index contributed by atoms with van der Waals surface area (Å²) in [7, 11) is 0. The Balaban J connectivity index is 2.47. The molecule has 96 valence electrons. The molecule has 0 aromatic heterocycles. The summed E-state index contributed by atoms with van der Waals surface area (Å²) in [5.41, 5.74) is 5.57. The first-order valence-electron chi connectivity index (χ1n) is 5.81. The van der Waals surface area contributed by atoms with Gasteiger partial charge in [-0.3, -0.25) is 4.90 Å². The molecule has 0 saturated carbocycles. The number of hydrogen-bond donors (Lipinski definition) is 1. The Hall–Kier alpha value is -0.290. The first kappa shape index (κ1) is 13.8. The summed E-state index contributed by atoms with van der Waals surface area (Å²) < 4.78 is 36.3. The van der Waals surface area contributed by atoms with Gasteiger partial charge in [0.15, 0.2) is 0 Å². The highest BCUT2D eigenvalue weighted by Crippen LogP contribution is 2.28. The lowest BCUT2D eigenvalue weighted by Crippen LogP contribution is -2.55. The number of halogens is 3. The van der Waals surface area contributed by atoms with Gasteiger partial charge in [-0.25, -0.2) is 0 Å². The minimum Gasteiger partial charge on any atom is -0.326 e. The molecule has 2 N–H and O–H groups in total. The normalized spacial score (nSPS) is 21.4. The molecule has 1 atom stereocenters. The van der Waals surface area contributed by atoms with E-state index >= 15 is 0 Å². The molecule has 1 unspecified atom stereocenters. The minimum absolute atomic E-state index is 0.00694. The lowest BCUT2D eigenvalue weighted by Gasteiger charge is -2.40. The second kappa shape index (κ2) is 4.92. The van der Waals surface area contributed by atoms with Crippen LogP contribution in [-0.4, -0.2) is 35.7 Å². The Kier molecular flexibility index (Phi) is 4.23. The van der Waals surface area contributed by atoms with E-state index in [2.05, 4.69) is 4.90 Å². The second-order valence-electron chi connectivity index (χ2n) is 5.11. The number of rotatable bonds is 4. The average Bonchev–Trinajstić information content (AvgIpc) is 2.65. The monoisotopic (exact) mass is 238 g/mol. The van der Waals surface area contributed by atoms with Crippen molar-refractivity contribution in [1.82, 2.24) is 4.90 Å². The summed E-state index contributed by atoms with van der Waals surface area (Å²) in [6.07, 6.45) is -2.64. The first-order valence-corrected chi connectivity index (χ1v) is 5.81. The highest BCUT2D eigenvalue weighted by atomic mass is 19.4. The summed E-state index contributed by atoms with van der Waals surface area (Å²) in [6, 6.07) is -0.424. The lowest BCUT2D eigenvalue weighted by atomic mass is 9.90. The molecule has 0 spiro atoms. The van der Waals surface area contributed by atoms with Crippen LogP contribution in [0.4, 0.5) is 13.2 Å². The first-order chi connectivity index (χ1) is 7.23. The molecule has 0 radical (unpaired) electrons. The minimum atomic E-state index is -4.10. The number of alkyl halides is 3. The van der Waals surface area contributed by atoms with Gasteiger partial charge in [0, 0.05) is 18.0 Å². The topological polar surface area (TPSA) is 29.3 Å². The molecule has 0 amide bonds. The van der Waals surface area contributed by atoms with Gasteiger partial charge in [0.25, 0.3) is 0 Å². The zero-order valence-electron chi connectivity index (χ0n) is 9.98. The summed E-state index contributed by atoms with van der Waals surface area (Å²) >= 11 is 0. The smallest absolute Gasteiger partial charge is 0.326 e. The molecule has 1 aliphatic heterocycles. The summed E-state index contributed by atoms with van der Waals surface area (Å²) in [5.74, 6) is 0. The van der Waals surface area contributed by atoms with Gasteiger partial charge < -0.3 is 5.73 Å². The van der Waals surface area contributed by atoms with Gasteiger partial charge in [-0.2, -0.15) is 13.2 Å². The molecule has 0 aromatic rings. The Labute approximate surface area is 95.0 Å². The SMILES string of the molecule is CC(C)(C(N)CCC(F)(F)F)N1CCCC1. The van der Waals surface area contributed by atoms with Gasteiger partial charge >= 0.3 is 6.18 Å². The van der Waals surface area contributed by atoms with Crippen LogP contribution in [0.5, 0.6) is 0 Å². The molecular formula is C11H21F3N2. The molecule has 0 aliphatic carbocycles. The van der Waals surface area contributed by atoms with E-state index in [1.807, 2.05) is 13.8 Å². The highest BCUT2D eigenvalue weighted by Gasteiger charge is 2.37. The van der Waals surface area contributed by atoms with Crippen LogP contribution in [0.1, 0.15) is 39.5 Å². The van der Waals surface area contributed by atoms with Crippen molar-refractivity contribution in [3.8, 4) is 0 Å². The van der Waals surface area contributed by atoms with Crippen molar-refractivity contribution in [2.45, 2.75) is 57.3 Å². The molecule has 0 aromatic carbocycles. The predicted octanol–water partition coefficient (Wildman–Crippen LogP) is 2.53. The van der Waals surface area contributed by atoms with E-state index in [9.17, 15) is 13.2 Å². The third kappa shape index (κ3) is 3.63. The van der Waals surface area contributed by atoms with Crippen LogP contribution in [-0.2, 0) is 0 Å². The number of nitrogens with zero attached hydrogens (tertiary/aromatic N) is 1. The molecule has 1 rings (SSSR count). The Morgan fingerprint density at radius 2 is 1.69 bits per heavy atom. The van der Waals surface area contributed by atoms with Crippen LogP contribution in [0.25, 0.3) is 0 Å². The Bertz CT molecular complexity index is 220. The van der Waals surface area contributed by atoms with Crippen LogP contribution in [0.2, 0.25) is 0 Å². The van der Waals surface area contributed by atoms with E-state index in [0.717, 1.165) is 25.9 Å². The highest BCUT2D eigenvalue weighted by molar-refractivity contribution is 4.93. The fourth-order valence-electron chi connectivity index (χ4n) is 2.20. The van der Waals surface area contributed by atoms with E-state index in [-0.39, 0.29) is 12.0 Å². The van der Waals surface area contributed by atoms with Gasteiger partial charge in [0.2, 0.25) is 0 Å². The van der Waals surface area contributed by atoms with Crippen LogP contribution in [0.3, 0.4) is 0 Å². The van der Waals surface area contributed by atoms with E-state index < -0.39 is 18.6 Å². The van der Waals surface area contributed by atoms with E-state index in [0.29, 0.717) is 0 Å². The van der Waals surface area contributed by atoms with Gasteiger partial charge in [-0.05, 0) is 46.2 Å². The molecule has 1 aliphatic rings. The number of hydrogen-bond acceptors (Lipinski definition) is 2. The van der Waals surface area contributed by atoms with Crippen molar-refractivity contribution in [3.63, 3.8) is 0 Å². The molecule has 2 nitrogen and oxygen atoms in total.